The van der Waals surface area contributed by atoms with E-state index >= 15 is 0 Å². The first-order chi connectivity index (χ1) is 10.8. The van der Waals surface area contributed by atoms with E-state index in [0.717, 1.165) is 17.1 Å². The number of hydrogen-bond donors (Lipinski definition) is 0. The lowest BCUT2D eigenvalue weighted by Crippen LogP contribution is -2.40. The minimum Gasteiger partial charge on any atom is -0.477 e. The van der Waals surface area contributed by atoms with E-state index in [1.165, 1.54) is 12.8 Å². The average Bonchev–Trinajstić information content (AvgIpc) is 3.26. The van der Waals surface area contributed by atoms with E-state index in [0.29, 0.717) is 37.9 Å². The van der Waals surface area contributed by atoms with E-state index in [4.69, 9.17) is 9.47 Å². The number of aromatic nitrogens is 2. The second-order valence-corrected chi connectivity index (χ2v) is 7.41. The van der Waals surface area contributed by atoms with Crippen LogP contribution in [0.25, 0.3) is 0 Å². The van der Waals surface area contributed by atoms with Crippen LogP contribution in [0.1, 0.15) is 50.7 Å². The van der Waals surface area contributed by atoms with Gasteiger partial charge in [0.15, 0.2) is 0 Å². The van der Waals surface area contributed by atoms with E-state index in [2.05, 4.69) is 9.97 Å². The molecule has 3 rings (SSSR count). The van der Waals surface area contributed by atoms with Gasteiger partial charge in [-0.3, -0.25) is 0 Å². The number of carbonyl (C=O) groups is 1. The van der Waals surface area contributed by atoms with Crippen LogP contribution in [0, 0.1) is 12.8 Å². The topological polar surface area (TPSA) is 64.6 Å². The van der Waals surface area contributed by atoms with Gasteiger partial charge in [0.25, 0.3) is 0 Å². The molecule has 0 N–H and O–H groups in total. The van der Waals surface area contributed by atoms with Crippen LogP contribution in [0.5, 0.6) is 5.88 Å². The molecule has 6 nitrogen and oxygen atoms in total. The van der Waals surface area contributed by atoms with Crippen molar-refractivity contribution in [1.29, 1.82) is 0 Å². The van der Waals surface area contributed by atoms with Crippen LogP contribution in [0.2, 0.25) is 0 Å². The fourth-order valence-corrected chi connectivity index (χ4v) is 2.59. The number of rotatable bonds is 3. The summed E-state index contributed by atoms with van der Waals surface area (Å²) in [4.78, 5) is 23.0. The Labute approximate surface area is 137 Å². The van der Waals surface area contributed by atoms with Crippen LogP contribution in [0.4, 0.5) is 4.79 Å². The third kappa shape index (κ3) is 4.12. The van der Waals surface area contributed by atoms with Crippen LogP contribution in [-0.4, -0.2) is 39.7 Å². The highest BCUT2D eigenvalue weighted by atomic mass is 16.6. The maximum absolute atomic E-state index is 12.3. The van der Waals surface area contributed by atoms with Gasteiger partial charge in [0.2, 0.25) is 5.88 Å². The number of nitrogens with zero attached hydrogens (tertiary/aromatic N) is 3. The zero-order chi connectivity index (χ0) is 16.6. The van der Waals surface area contributed by atoms with Crippen molar-refractivity contribution in [2.24, 2.45) is 5.92 Å². The van der Waals surface area contributed by atoms with Crippen LogP contribution < -0.4 is 4.74 Å². The van der Waals surface area contributed by atoms with Gasteiger partial charge in [-0.05, 0) is 46.5 Å². The summed E-state index contributed by atoms with van der Waals surface area (Å²) in [5, 5.41) is 0. The summed E-state index contributed by atoms with van der Waals surface area (Å²) in [5.74, 6) is 2.01. The Morgan fingerprint density at radius 3 is 2.70 bits per heavy atom. The first-order valence-corrected chi connectivity index (χ1v) is 8.29. The molecule has 126 valence electrons. The summed E-state index contributed by atoms with van der Waals surface area (Å²) < 4.78 is 11.4. The van der Waals surface area contributed by atoms with Crippen molar-refractivity contribution in [2.75, 3.05) is 13.2 Å². The predicted octanol–water partition coefficient (Wildman–Crippen LogP) is 2.87. The fourth-order valence-electron chi connectivity index (χ4n) is 2.59. The van der Waals surface area contributed by atoms with Gasteiger partial charge in [0, 0.05) is 13.0 Å². The zero-order valence-electron chi connectivity index (χ0n) is 14.4. The molecule has 2 aliphatic rings. The number of hydrogen-bond acceptors (Lipinski definition) is 5. The molecule has 23 heavy (non-hydrogen) atoms. The molecule has 0 spiro atoms. The lowest BCUT2D eigenvalue weighted by Gasteiger charge is -2.31. The molecular weight excluding hydrogens is 294 g/mol. The highest BCUT2D eigenvalue weighted by Gasteiger charge is 2.30. The second-order valence-electron chi connectivity index (χ2n) is 7.41. The Bertz CT molecular complexity index is 606. The van der Waals surface area contributed by atoms with Crippen LogP contribution in [-0.2, 0) is 17.7 Å². The van der Waals surface area contributed by atoms with Gasteiger partial charge < -0.3 is 14.4 Å². The Balaban J connectivity index is 1.76. The highest BCUT2D eigenvalue weighted by molar-refractivity contribution is 5.68. The SMILES string of the molecule is Cc1nc2c(c(OCC3CC3)n1)CN(C(=O)OC(C)(C)C)CC2. The lowest BCUT2D eigenvalue weighted by molar-refractivity contribution is 0.0220. The Morgan fingerprint density at radius 2 is 2.04 bits per heavy atom. The van der Waals surface area contributed by atoms with Gasteiger partial charge in [0.05, 0.1) is 24.4 Å². The number of carbonyl (C=O) groups excluding carboxylic acids is 1. The van der Waals surface area contributed by atoms with Gasteiger partial charge in [-0.2, -0.15) is 4.98 Å². The minimum atomic E-state index is -0.494. The lowest BCUT2D eigenvalue weighted by atomic mass is 10.1. The molecule has 0 unspecified atom stereocenters. The second kappa shape index (κ2) is 5.98. The molecule has 1 aliphatic heterocycles. The van der Waals surface area contributed by atoms with E-state index in [9.17, 15) is 4.79 Å². The molecule has 1 fully saturated rings. The number of amides is 1. The van der Waals surface area contributed by atoms with Crippen molar-refractivity contribution in [2.45, 2.75) is 59.1 Å². The molecule has 1 aromatic heterocycles. The van der Waals surface area contributed by atoms with Crippen LogP contribution >= 0.6 is 0 Å². The van der Waals surface area contributed by atoms with Crippen molar-refractivity contribution in [3.05, 3.63) is 17.1 Å². The van der Waals surface area contributed by atoms with E-state index < -0.39 is 5.60 Å². The van der Waals surface area contributed by atoms with E-state index in [1.54, 1.807) is 4.90 Å². The van der Waals surface area contributed by atoms with Crippen molar-refractivity contribution < 1.29 is 14.3 Å². The van der Waals surface area contributed by atoms with Crippen LogP contribution in [0.3, 0.4) is 0 Å². The van der Waals surface area contributed by atoms with Gasteiger partial charge in [0.1, 0.15) is 11.4 Å². The molecular formula is C17H25N3O3. The number of ether oxygens (including phenoxy) is 2. The minimum absolute atomic E-state index is 0.295. The van der Waals surface area contributed by atoms with Crippen molar-refractivity contribution in [1.82, 2.24) is 14.9 Å². The summed E-state index contributed by atoms with van der Waals surface area (Å²) in [6, 6.07) is 0. The molecule has 1 saturated carbocycles. The fraction of sp³-hybridized carbons (Fsp3) is 0.706. The van der Waals surface area contributed by atoms with Gasteiger partial charge in [-0.1, -0.05) is 0 Å². The quantitative estimate of drug-likeness (QED) is 0.857. The predicted molar refractivity (Wildman–Crippen MR) is 85.3 cm³/mol. The van der Waals surface area contributed by atoms with Crippen molar-refractivity contribution in [3.63, 3.8) is 0 Å². The molecule has 0 bridgehead atoms. The normalized spacial score (nSPS) is 17.7. The summed E-state index contributed by atoms with van der Waals surface area (Å²) in [6.07, 6.45) is 2.88. The molecule has 2 heterocycles. The Hall–Kier alpha value is -1.85. The summed E-state index contributed by atoms with van der Waals surface area (Å²) in [6.45, 7) is 9.27. The summed E-state index contributed by atoms with van der Waals surface area (Å²) in [7, 11) is 0. The molecule has 1 amide bonds. The smallest absolute Gasteiger partial charge is 0.410 e. The molecule has 1 aromatic rings. The molecule has 1 aliphatic carbocycles. The summed E-state index contributed by atoms with van der Waals surface area (Å²) in [5.41, 5.74) is 1.42. The van der Waals surface area contributed by atoms with Gasteiger partial charge >= 0.3 is 6.09 Å². The first kappa shape index (κ1) is 16.0. The number of fused-ring (bicyclic) bond motifs is 1. The molecule has 0 atom stereocenters. The van der Waals surface area contributed by atoms with E-state index in [1.807, 2.05) is 27.7 Å². The zero-order valence-corrected chi connectivity index (χ0v) is 14.4. The molecule has 0 saturated heterocycles. The van der Waals surface area contributed by atoms with E-state index in [-0.39, 0.29) is 6.09 Å². The molecule has 0 radical (unpaired) electrons. The average molecular weight is 319 g/mol. The third-order valence-electron chi connectivity index (χ3n) is 3.94. The highest BCUT2D eigenvalue weighted by Crippen LogP contribution is 2.31. The monoisotopic (exact) mass is 319 g/mol. The Kier molecular flexibility index (Phi) is 4.17. The standard InChI is InChI=1S/C17H25N3O3/c1-11-18-14-7-8-20(16(21)23-17(2,3)4)9-13(14)15(19-11)22-10-12-5-6-12/h12H,5-10H2,1-4H3. The largest absolute Gasteiger partial charge is 0.477 e. The molecule has 6 heteroatoms. The first-order valence-electron chi connectivity index (χ1n) is 8.29. The maximum Gasteiger partial charge on any atom is 0.410 e. The molecule has 0 aromatic carbocycles. The van der Waals surface area contributed by atoms with Crippen molar-refractivity contribution >= 4 is 6.09 Å². The van der Waals surface area contributed by atoms with Gasteiger partial charge in [-0.25, -0.2) is 9.78 Å². The van der Waals surface area contributed by atoms with Crippen molar-refractivity contribution in [3.8, 4) is 5.88 Å². The summed E-state index contributed by atoms with van der Waals surface area (Å²) >= 11 is 0. The Morgan fingerprint density at radius 1 is 1.30 bits per heavy atom. The number of aryl methyl sites for hydroxylation is 1. The van der Waals surface area contributed by atoms with Crippen LogP contribution in [0.15, 0.2) is 0 Å². The maximum atomic E-state index is 12.3. The van der Waals surface area contributed by atoms with Gasteiger partial charge in [-0.15, -0.1) is 0 Å². The third-order valence-corrected chi connectivity index (χ3v) is 3.94.